The summed E-state index contributed by atoms with van der Waals surface area (Å²) in [5, 5.41) is 0. The molecule has 0 radical (unpaired) electrons. The zero-order chi connectivity index (χ0) is 19.6. The molecule has 3 aromatic heterocycles. The van der Waals surface area contributed by atoms with Crippen molar-refractivity contribution < 1.29 is 4.74 Å². The number of imidazole rings is 1. The lowest BCUT2D eigenvalue weighted by Crippen LogP contribution is -2.23. The minimum atomic E-state index is 0.328. The van der Waals surface area contributed by atoms with Gasteiger partial charge in [0, 0.05) is 36.3 Å². The lowest BCUT2D eigenvalue weighted by Gasteiger charge is -2.24. The predicted octanol–water partition coefficient (Wildman–Crippen LogP) is 4.74. The highest BCUT2D eigenvalue weighted by Crippen LogP contribution is 2.36. The van der Waals surface area contributed by atoms with Gasteiger partial charge in [-0.2, -0.15) is 0 Å². The second-order valence-corrected chi connectivity index (χ2v) is 7.52. The SMILES string of the molecule is COc1ccccc1CN1CCC[C@H]1c1ncn2cc(-c3cccnc3)ccc12. The van der Waals surface area contributed by atoms with Crippen LogP contribution in [-0.2, 0) is 6.54 Å². The van der Waals surface area contributed by atoms with E-state index < -0.39 is 0 Å². The Hall–Kier alpha value is -3.18. The van der Waals surface area contributed by atoms with E-state index in [9.17, 15) is 0 Å². The van der Waals surface area contributed by atoms with E-state index in [1.165, 1.54) is 17.5 Å². The first-order valence-corrected chi connectivity index (χ1v) is 10.1. The summed E-state index contributed by atoms with van der Waals surface area (Å²) in [6.45, 7) is 1.96. The lowest BCUT2D eigenvalue weighted by atomic mass is 10.1. The minimum Gasteiger partial charge on any atom is -0.496 e. The molecule has 1 aliphatic rings. The number of nitrogens with zero attached hydrogens (tertiary/aromatic N) is 4. The number of para-hydroxylation sites is 1. The van der Waals surface area contributed by atoms with Gasteiger partial charge in [0.05, 0.1) is 30.7 Å². The summed E-state index contributed by atoms with van der Waals surface area (Å²) in [7, 11) is 1.74. The predicted molar refractivity (Wildman–Crippen MR) is 114 cm³/mol. The molecule has 5 heteroatoms. The summed E-state index contributed by atoms with van der Waals surface area (Å²) in [6, 6.07) is 17.0. The number of rotatable bonds is 5. The van der Waals surface area contributed by atoms with Crippen LogP contribution in [0.2, 0.25) is 0 Å². The van der Waals surface area contributed by atoms with Crippen LogP contribution in [-0.4, -0.2) is 32.9 Å². The van der Waals surface area contributed by atoms with Crippen molar-refractivity contribution in [1.29, 1.82) is 0 Å². The molecule has 0 spiro atoms. The van der Waals surface area contributed by atoms with Crippen molar-refractivity contribution in [2.45, 2.75) is 25.4 Å². The molecular formula is C24H24N4O. The Balaban J connectivity index is 1.45. The Bertz CT molecular complexity index is 1120. The van der Waals surface area contributed by atoms with E-state index in [0.29, 0.717) is 6.04 Å². The molecule has 1 aliphatic heterocycles. The second kappa shape index (κ2) is 7.68. The van der Waals surface area contributed by atoms with Crippen molar-refractivity contribution >= 4 is 5.52 Å². The van der Waals surface area contributed by atoms with E-state index >= 15 is 0 Å². The molecule has 1 atom stereocenters. The number of pyridine rings is 2. The molecular weight excluding hydrogens is 360 g/mol. The van der Waals surface area contributed by atoms with E-state index in [0.717, 1.165) is 42.1 Å². The summed E-state index contributed by atoms with van der Waals surface area (Å²) in [4.78, 5) is 11.6. The Morgan fingerprint density at radius 1 is 1.07 bits per heavy atom. The number of hydrogen-bond donors (Lipinski definition) is 0. The van der Waals surface area contributed by atoms with Crippen LogP contribution >= 0.6 is 0 Å². The first-order chi connectivity index (χ1) is 14.3. The maximum absolute atomic E-state index is 5.56. The van der Waals surface area contributed by atoms with Crippen LogP contribution in [0.5, 0.6) is 5.75 Å². The van der Waals surface area contributed by atoms with Crippen LogP contribution in [0.3, 0.4) is 0 Å². The van der Waals surface area contributed by atoms with Gasteiger partial charge in [-0.15, -0.1) is 0 Å². The highest BCUT2D eigenvalue weighted by atomic mass is 16.5. The number of aromatic nitrogens is 3. The molecule has 0 amide bonds. The maximum Gasteiger partial charge on any atom is 0.123 e. The smallest absolute Gasteiger partial charge is 0.123 e. The summed E-state index contributed by atoms with van der Waals surface area (Å²) in [5.74, 6) is 0.953. The van der Waals surface area contributed by atoms with E-state index in [1.807, 2.05) is 30.7 Å². The molecule has 0 unspecified atom stereocenters. The Labute approximate surface area is 170 Å². The maximum atomic E-state index is 5.56. The Morgan fingerprint density at radius 2 is 2.00 bits per heavy atom. The largest absolute Gasteiger partial charge is 0.496 e. The minimum absolute atomic E-state index is 0.328. The lowest BCUT2D eigenvalue weighted by molar-refractivity contribution is 0.242. The van der Waals surface area contributed by atoms with Gasteiger partial charge in [0.25, 0.3) is 0 Å². The van der Waals surface area contributed by atoms with Gasteiger partial charge in [0.1, 0.15) is 5.75 Å². The molecule has 4 aromatic rings. The second-order valence-electron chi connectivity index (χ2n) is 7.52. The first-order valence-electron chi connectivity index (χ1n) is 10.1. The van der Waals surface area contributed by atoms with E-state index in [4.69, 9.17) is 9.72 Å². The van der Waals surface area contributed by atoms with E-state index in [2.05, 4.69) is 50.8 Å². The van der Waals surface area contributed by atoms with Crippen LogP contribution < -0.4 is 4.74 Å². The number of likely N-dealkylation sites (tertiary alicyclic amines) is 1. The van der Waals surface area contributed by atoms with Crippen LogP contribution in [0, 0.1) is 0 Å². The molecule has 1 aromatic carbocycles. The van der Waals surface area contributed by atoms with Crippen molar-refractivity contribution in [1.82, 2.24) is 19.3 Å². The Kier molecular flexibility index (Phi) is 4.74. The zero-order valence-corrected chi connectivity index (χ0v) is 16.5. The van der Waals surface area contributed by atoms with Crippen LogP contribution in [0.1, 0.15) is 30.1 Å². The van der Waals surface area contributed by atoms with Crippen molar-refractivity contribution in [2.24, 2.45) is 0 Å². The molecule has 5 rings (SSSR count). The fourth-order valence-corrected chi connectivity index (χ4v) is 4.36. The average molecular weight is 384 g/mol. The summed E-state index contributed by atoms with van der Waals surface area (Å²) in [5.41, 5.74) is 5.82. The summed E-state index contributed by atoms with van der Waals surface area (Å²) < 4.78 is 7.69. The molecule has 0 bridgehead atoms. The highest BCUT2D eigenvalue weighted by Gasteiger charge is 2.29. The van der Waals surface area contributed by atoms with Gasteiger partial charge in [0.15, 0.2) is 0 Å². The van der Waals surface area contributed by atoms with Crippen LogP contribution in [0.25, 0.3) is 16.6 Å². The molecule has 29 heavy (non-hydrogen) atoms. The van der Waals surface area contributed by atoms with Crippen LogP contribution in [0.15, 0.2) is 73.4 Å². The van der Waals surface area contributed by atoms with Gasteiger partial charge in [-0.05, 0) is 43.1 Å². The van der Waals surface area contributed by atoms with E-state index in [1.54, 1.807) is 13.3 Å². The topological polar surface area (TPSA) is 42.7 Å². The number of hydrogen-bond acceptors (Lipinski definition) is 4. The standard InChI is InChI=1S/C24H24N4O/c1-29-23-9-3-2-6-20(23)16-27-13-5-8-21(27)24-22-11-10-19(15-28(22)17-26-24)18-7-4-12-25-14-18/h2-4,6-7,9-12,14-15,17,21H,5,8,13,16H2,1H3/t21-/m0/s1. The number of methoxy groups -OCH3 is 1. The molecule has 1 fully saturated rings. The van der Waals surface area contributed by atoms with Crippen molar-refractivity contribution in [2.75, 3.05) is 13.7 Å². The van der Waals surface area contributed by atoms with Gasteiger partial charge in [-0.1, -0.05) is 30.3 Å². The third-order valence-electron chi connectivity index (χ3n) is 5.80. The van der Waals surface area contributed by atoms with Crippen molar-refractivity contribution in [3.8, 4) is 16.9 Å². The van der Waals surface area contributed by atoms with Gasteiger partial charge in [-0.3, -0.25) is 9.88 Å². The summed E-state index contributed by atoms with van der Waals surface area (Å²) in [6.07, 6.45) is 10.1. The van der Waals surface area contributed by atoms with Crippen LogP contribution in [0.4, 0.5) is 0 Å². The zero-order valence-electron chi connectivity index (χ0n) is 16.5. The molecule has 0 saturated carbocycles. The third-order valence-corrected chi connectivity index (χ3v) is 5.80. The van der Waals surface area contributed by atoms with Gasteiger partial charge < -0.3 is 9.14 Å². The van der Waals surface area contributed by atoms with Crippen molar-refractivity contribution in [3.63, 3.8) is 0 Å². The average Bonchev–Trinajstić information content (AvgIpc) is 3.40. The third kappa shape index (κ3) is 3.38. The fourth-order valence-electron chi connectivity index (χ4n) is 4.36. The van der Waals surface area contributed by atoms with Gasteiger partial charge in [-0.25, -0.2) is 4.98 Å². The monoisotopic (exact) mass is 384 g/mol. The molecule has 1 saturated heterocycles. The normalized spacial score (nSPS) is 17.1. The first kappa shape index (κ1) is 17.9. The molecule has 146 valence electrons. The molecule has 0 N–H and O–H groups in total. The molecule has 0 aliphatic carbocycles. The van der Waals surface area contributed by atoms with Gasteiger partial charge >= 0.3 is 0 Å². The fraction of sp³-hybridized carbons (Fsp3) is 0.250. The highest BCUT2D eigenvalue weighted by molar-refractivity contribution is 5.66. The Morgan fingerprint density at radius 3 is 2.86 bits per heavy atom. The quantitative estimate of drug-likeness (QED) is 0.498. The molecule has 5 nitrogen and oxygen atoms in total. The van der Waals surface area contributed by atoms with Gasteiger partial charge in [0.2, 0.25) is 0 Å². The summed E-state index contributed by atoms with van der Waals surface area (Å²) >= 11 is 0. The number of ether oxygens (including phenoxy) is 1. The van der Waals surface area contributed by atoms with Crippen molar-refractivity contribution in [3.05, 3.63) is 84.7 Å². The molecule has 4 heterocycles. The number of fused-ring (bicyclic) bond motifs is 1. The number of benzene rings is 1. The van der Waals surface area contributed by atoms with E-state index in [-0.39, 0.29) is 0 Å².